The SMILES string of the molecule is COc1cc2c(c(OC)c1OC)-c1ccc(NC(C(=O)NC(C(=O)O)c3ccccc3)C(C)C)c(=O)cc1C(NC(C)=O)CC2. The quantitative estimate of drug-likeness (QED) is 0.248. The molecule has 0 aromatic heterocycles. The molecule has 45 heavy (non-hydrogen) atoms. The van der Waals surface area contributed by atoms with Crippen molar-refractivity contribution in [3.05, 3.63) is 81.5 Å². The van der Waals surface area contributed by atoms with Crippen molar-refractivity contribution in [2.75, 3.05) is 26.6 Å². The van der Waals surface area contributed by atoms with Crippen LogP contribution >= 0.6 is 0 Å². The van der Waals surface area contributed by atoms with Gasteiger partial charge in [-0.1, -0.05) is 50.2 Å². The predicted molar refractivity (Wildman–Crippen MR) is 170 cm³/mol. The summed E-state index contributed by atoms with van der Waals surface area (Å²) in [4.78, 5) is 51.6. The number of anilines is 1. The van der Waals surface area contributed by atoms with E-state index in [1.807, 2.05) is 6.07 Å². The van der Waals surface area contributed by atoms with Crippen molar-refractivity contribution in [1.82, 2.24) is 10.6 Å². The average Bonchev–Trinajstić information content (AvgIpc) is 3.25. The molecule has 0 bridgehead atoms. The third-order valence-electron chi connectivity index (χ3n) is 7.84. The number of nitrogens with one attached hydrogen (secondary N) is 3. The van der Waals surface area contributed by atoms with Crippen LogP contribution in [0, 0.1) is 5.92 Å². The lowest BCUT2D eigenvalue weighted by molar-refractivity contribution is -0.142. The van der Waals surface area contributed by atoms with Crippen molar-refractivity contribution >= 4 is 23.5 Å². The van der Waals surface area contributed by atoms with Crippen molar-refractivity contribution in [2.45, 2.75) is 51.7 Å². The molecule has 11 nitrogen and oxygen atoms in total. The van der Waals surface area contributed by atoms with Crippen molar-refractivity contribution in [1.29, 1.82) is 0 Å². The van der Waals surface area contributed by atoms with E-state index in [0.29, 0.717) is 52.3 Å². The minimum Gasteiger partial charge on any atom is -0.493 e. The molecular formula is C34H39N3O8. The van der Waals surface area contributed by atoms with Crippen LogP contribution in [0.2, 0.25) is 0 Å². The lowest BCUT2D eigenvalue weighted by atomic mass is 9.95. The summed E-state index contributed by atoms with van der Waals surface area (Å²) in [5.74, 6) is -1.06. The predicted octanol–water partition coefficient (Wildman–Crippen LogP) is 4.24. The van der Waals surface area contributed by atoms with Crippen LogP contribution in [0.15, 0.2) is 59.4 Å². The highest BCUT2D eigenvalue weighted by Gasteiger charge is 2.31. The first-order chi connectivity index (χ1) is 21.5. The molecule has 3 aromatic rings. The Hall–Kier alpha value is -5.06. The maximum Gasteiger partial charge on any atom is 0.330 e. The number of carboxylic acids is 1. The maximum atomic E-state index is 13.8. The summed E-state index contributed by atoms with van der Waals surface area (Å²) in [6.07, 6.45) is 1.05. The Morgan fingerprint density at radius 1 is 0.933 bits per heavy atom. The van der Waals surface area contributed by atoms with Gasteiger partial charge in [0.2, 0.25) is 23.0 Å². The van der Waals surface area contributed by atoms with E-state index in [1.54, 1.807) is 56.3 Å². The molecule has 0 spiro atoms. The zero-order valence-electron chi connectivity index (χ0n) is 26.2. The van der Waals surface area contributed by atoms with Gasteiger partial charge in [0.05, 0.1) is 33.1 Å². The molecule has 1 aliphatic rings. The number of methoxy groups -OCH3 is 3. The molecule has 4 rings (SSSR count). The van der Waals surface area contributed by atoms with E-state index in [2.05, 4.69) is 16.0 Å². The molecular weight excluding hydrogens is 578 g/mol. The van der Waals surface area contributed by atoms with Gasteiger partial charge in [0.15, 0.2) is 17.5 Å². The van der Waals surface area contributed by atoms with Crippen LogP contribution in [-0.2, 0) is 20.8 Å². The van der Waals surface area contributed by atoms with E-state index < -0.39 is 35.4 Å². The normalized spacial score (nSPS) is 15.0. The van der Waals surface area contributed by atoms with E-state index in [0.717, 1.165) is 5.56 Å². The fourth-order valence-electron chi connectivity index (χ4n) is 5.69. The second-order valence-electron chi connectivity index (χ2n) is 11.2. The van der Waals surface area contributed by atoms with Gasteiger partial charge in [0.1, 0.15) is 6.04 Å². The van der Waals surface area contributed by atoms with Crippen molar-refractivity contribution < 1.29 is 33.7 Å². The van der Waals surface area contributed by atoms with E-state index >= 15 is 0 Å². The van der Waals surface area contributed by atoms with Gasteiger partial charge in [-0.2, -0.15) is 0 Å². The second-order valence-corrected chi connectivity index (χ2v) is 11.2. The lowest BCUT2D eigenvalue weighted by Gasteiger charge is -2.24. The molecule has 238 valence electrons. The van der Waals surface area contributed by atoms with Crippen LogP contribution in [0.4, 0.5) is 5.69 Å². The highest BCUT2D eigenvalue weighted by atomic mass is 16.5. The number of fused-ring (bicyclic) bond motifs is 3. The minimum atomic E-state index is -1.27. The fraction of sp³-hybridized carbons (Fsp3) is 0.353. The summed E-state index contributed by atoms with van der Waals surface area (Å²) in [7, 11) is 4.57. The van der Waals surface area contributed by atoms with Gasteiger partial charge < -0.3 is 35.3 Å². The number of ether oxygens (including phenoxy) is 3. The van der Waals surface area contributed by atoms with Crippen molar-refractivity contribution in [2.24, 2.45) is 5.92 Å². The van der Waals surface area contributed by atoms with E-state index in [9.17, 15) is 24.3 Å². The summed E-state index contributed by atoms with van der Waals surface area (Å²) >= 11 is 0. The molecule has 0 saturated heterocycles. The van der Waals surface area contributed by atoms with Crippen LogP contribution in [0.5, 0.6) is 17.2 Å². The van der Waals surface area contributed by atoms with Gasteiger partial charge in [-0.3, -0.25) is 14.4 Å². The number of aryl methyl sites for hydroxylation is 1. The first-order valence-corrected chi connectivity index (χ1v) is 14.6. The number of amides is 2. The van der Waals surface area contributed by atoms with Crippen LogP contribution in [-0.4, -0.2) is 50.3 Å². The third-order valence-corrected chi connectivity index (χ3v) is 7.84. The number of carbonyl (C=O) groups excluding carboxylic acids is 2. The number of hydrogen-bond donors (Lipinski definition) is 4. The highest BCUT2D eigenvalue weighted by molar-refractivity contribution is 5.90. The van der Waals surface area contributed by atoms with Crippen LogP contribution < -0.4 is 35.6 Å². The molecule has 0 aliphatic heterocycles. The molecule has 3 atom stereocenters. The highest BCUT2D eigenvalue weighted by Crippen LogP contribution is 2.50. The summed E-state index contributed by atoms with van der Waals surface area (Å²) < 4.78 is 17.0. The van der Waals surface area contributed by atoms with Crippen LogP contribution in [0.25, 0.3) is 11.1 Å². The Morgan fingerprint density at radius 3 is 2.20 bits per heavy atom. The summed E-state index contributed by atoms with van der Waals surface area (Å²) in [5, 5.41) is 18.5. The number of carboxylic acid groups (broad SMARTS) is 1. The fourth-order valence-corrected chi connectivity index (χ4v) is 5.69. The number of carbonyl (C=O) groups is 3. The van der Waals surface area contributed by atoms with Crippen molar-refractivity contribution in [3.63, 3.8) is 0 Å². The topological polar surface area (TPSA) is 152 Å². The monoisotopic (exact) mass is 617 g/mol. The Bertz CT molecular complexity index is 1640. The summed E-state index contributed by atoms with van der Waals surface area (Å²) in [5.41, 5.74) is 2.94. The van der Waals surface area contributed by atoms with E-state index in [1.165, 1.54) is 34.3 Å². The zero-order chi connectivity index (χ0) is 32.8. The van der Waals surface area contributed by atoms with Crippen molar-refractivity contribution in [3.8, 4) is 28.4 Å². The molecule has 0 fully saturated rings. The van der Waals surface area contributed by atoms with E-state index in [-0.39, 0.29) is 17.5 Å². The molecule has 0 heterocycles. The lowest BCUT2D eigenvalue weighted by Crippen LogP contribution is -2.46. The molecule has 3 aromatic carbocycles. The van der Waals surface area contributed by atoms with Gasteiger partial charge in [-0.15, -0.1) is 0 Å². The minimum absolute atomic E-state index is 0.131. The number of hydrogen-bond acceptors (Lipinski definition) is 8. The Morgan fingerprint density at radius 2 is 1.62 bits per heavy atom. The number of rotatable bonds is 11. The molecule has 1 aliphatic carbocycles. The molecule has 2 amide bonds. The molecule has 3 unspecified atom stereocenters. The second kappa shape index (κ2) is 14.1. The Kier molecular flexibility index (Phi) is 10.3. The largest absolute Gasteiger partial charge is 0.493 e. The van der Waals surface area contributed by atoms with Gasteiger partial charge in [0, 0.05) is 12.5 Å². The average molecular weight is 618 g/mol. The first kappa shape index (κ1) is 32.8. The number of benzene rings is 2. The van der Waals surface area contributed by atoms with Crippen LogP contribution in [0.1, 0.15) is 56.0 Å². The Labute approximate surface area is 261 Å². The number of aliphatic carboxylic acids is 1. The third kappa shape index (κ3) is 7.03. The molecule has 4 N–H and O–H groups in total. The smallest absolute Gasteiger partial charge is 0.330 e. The van der Waals surface area contributed by atoms with Gasteiger partial charge >= 0.3 is 5.97 Å². The molecule has 0 radical (unpaired) electrons. The summed E-state index contributed by atoms with van der Waals surface area (Å²) in [6, 6.07) is 12.4. The van der Waals surface area contributed by atoms with Gasteiger partial charge in [-0.05, 0) is 59.2 Å². The van der Waals surface area contributed by atoms with Gasteiger partial charge in [-0.25, -0.2) is 4.79 Å². The summed E-state index contributed by atoms with van der Waals surface area (Å²) in [6.45, 7) is 5.02. The first-order valence-electron chi connectivity index (χ1n) is 14.6. The van der Waals surface area contributed by atoms with E-state index in [4.69, 9.17) is 14.2 Å². The molecule has 11 heteroatoms. The Balaban J connectivity index is 1.83. The van der Waals surface area contributed by atoms with Crippen LogP contribution in [0.3, 0.4) is 0 Å². The standard InChI is InChI=1S/C34H39N3O8/c1-18(2)29(33(40)37-30(34(41)42)20-10-8-7-9-11-20)36-25-15-13-22-23(17-26(25)39)24(35-19(3)38)14-12-21-16-27(43-4)31(44-5)32(45-6)28(21)22/h7-11,13,15-18,24,29-30H,12,14H2,1-6H3,(H,35,38)(H,36,39)(H,37,40)(H,41,42). The van der Waals surface area contributed by atoms with Gasteiger partial charge in [0.25, 0.3) is 0 Å². The molecule has 0 saturated carbocycles. The maximum absolute atomic E-state index is 13.8. The zero-order valence-corrected chi connectivity index (χ0v) is 26.2.